The average molecular weight is 223 g/mol. The molecule has 6 heteroatoms. The lowest BCUT2D eigenvalue weighted by Crippen LogP contribution is -2.18. The molecule has 0 atom stereocenters. The molecule has 1 aromatic heterocycles. The Balaban J connectivity index is 2.85. The zero-order valence-electron chi connectivity index (χ0n) is 4.67. The third-order valence-electron chi connectivity index (χ3n) is 0.810. The van der Waals surface area contributed by atoms with E-state index >= 15 is 0 Å². The number of rotatable bonds is 1. The fraction of sp³-hybridized carbons (Fsp3) is 0. The lowest BCUT2D eigenvalue weighted by atomic mass is 10.5. The number of nitrogens with zero attached hydrogens (tertiary/aromatic N) is 1. The van der Waals surface area contributed by atoms with Gasteiger partial charge in [0.2, 0.25) is 0 Å². The summed E-state index contributed by atoms with van der Waals surface area (Å²) in [7, 11) is 0. The largest absolute Gasteiger partial charge is 0.294 e. The molecule has 2 N–H and O–H groups in total. The summed E-state index contributed by atoms with van der Waals surface area (Å²) in [6.07, 6.45) is 0. The molecule has 0 aliphatic carbocycles. The summed E-state index contributed by atoms with van der Waals surface area (Å²) in [5, 5.41) is 9.68. The number of hydroxylamine groups is 1. The number of aromatic nitrogens is 1. The van der Waals surface area contributed by atoms with Crippen molar-refractivity contribution >= 4 is 33.2 Å². The first-order chi connectivity index (χ1) is 4.74. The molecule has 1 heterocycles. The molecule has 0 spiro atoms. The average Bonchev–Trinajstić information content (AvgIpc) is 2.34. The molecule has 0 aliphatic heterocycles. The number of hydrogen-bond donors (Lipinski definition) is 2. The Kier molecular flexibility index (Phi) is 2.36. The maximum atomic E-state index is 10.6. The summed E-state index contributed by atoms with van der Waals surface area (Å²) in [6.45, 7) is 0. The Morgan fingerprint density at radius 2 is 2.60 bits per heavy atom. The fourth-order valence-corrected chi connectivity index (χ4v) is 1.40. The standard InChI is InChI=1S/C4H3BrN2O2S/c5-4-6-2(1-10-4)3(8)7-9/h1,9H,(H,7,8). The summed E-state index contributed by atoms with van der Waals surface area (Å²) in [5.41, 5.74) is 1.69. The molecule has 1 rings (SSSR count). The van der Waals surface area contributed by atoms with Gasteiger partial charge in [-0.15, -0.1) is 11.3 Å². The molecule has 0 bridgehead atoms. The second kappa shape index (κ2) is 3.09. The van der Waals surface area contributed by atoms with Gasteiger partial charge in [0.25, 0.3) is 5.91 Å². The van der Waals surface area contributed by atoms with Crippen molar-refractivity contribution in [2.75, 3.05) is 0 Å². The highest BCUT2D eigenvalue weighted by molar-refractivity contribution is 9.11. The van der Waals surface area contributed by atoms with Crippen LogP contribution in [0, 0.1) is 0 Å². The molecule has 0 fully saturated rings. The fourth-order valence-electron chi connectivity index (χ4n) is 0.413. The van der Waals surface area contributed by atoms with Gasteiger partial charge >= 0.3 is 0 Å². The van der Waals surface area contributed by atoms with Crippen molar-refractivity contribution < 1.29 is 10.0 Å². The third-order valence-corrected chi connectivity index (χ3v) is 2.18. The number of carbonyl (C=O) groups is 1. The zero-order valence-corrected chi connectivity index (χ0v) is 7.07. The number of halogens is 1. The first-order valence-electron chi connectivity index (χ1n) is 2.29. The van der Waals surface area contributed by atoms with Gasteiger partial charge in [-0.2, -0.15) is 0 Å². The Labute approximate surface area is 69.0 Å². The van der Waals surface area contributed by atoms with Gasteiger partial charge in [0.15, 0.2) is 3.92 Å². The molecule has 4 nitrogen and oxygen atoms in total. The first-order valence-corrected chi connectivity index (χ1v) is 3.97. The first kappa shape index (κ1) is 7.64. The predicted octanol–water partition coefficient (Wildman–Crippen LogP) is 1.02. The van der Waals surface area contributed by atoms with E-state index in [9.17, 15) is 4.79 Å². The maximum Gasteiger partial charge on any atom is 0.294 e. The van der Waals surface area contributed by atoms with Gasteiger partial charge in [0.05, 0.1) is 0 Å². The SMILES string of the molecule is O=C(NO)c1csc(Br)n1. The zero-order chi connectivity index (χ0) is 7.56. The Morgan fingerprint density at radius 3 is 3.00 bits per heavy atom. The molecule has 54 valence electrons. The van der Waals surface area contributed by atoms with Gasteiger partial charge in [0.1, 0.15) is 5.69 Å². The van der Waals surface area contributed by atoms with E-state index in [2.05, 4.69) is 20.9 Å². The topological polar surface area (TPSA) is 62.2 Å². The van der Waals surface area contributed by atoms with Crippen LogP contribution in [0.4, 0.5) is 0 Å². The van der Waals surface area contributed by atoms with Crippen molar-refractivity contribution in [1.29, 1.82) is 0 Å². The maximum absolute atomic E-state index is 10.6. The molecule has 1 amide bonds. The molecule has 10 heavy (non-hydrogen) atoms. The monoisotopic (exact) mass is 222 g/mol. The molecule has 1 aromatic rings. The highest BCUT2D eigenvalue weighted by Crippen LogP contribution is 2.15. The number of hydrogen-bond acceptors (Lipinski definition) is 4. The van der Waals surface area contributed by atoms with E-state index < -0.39 is 5.91 Å². The van der Waals surface area contributed by atoms with Gasteiger partial charge in [0, 0.05) is 5.38 Å². The minimum Gasteiger partial charge on any atom is -0.288 e. The number of thiazole rings is 1. The molecule has 0 aromatic carbocycles. The van der Waals surface area contributed by atoms with Crippen LogP contribution in [-0.4, -0.2) is 16.1 Å². The van der Waals surface area contributed by atoms with Crippen molar-refractivity contribution in [3.05, 3.63) is 15.0 Å². The quantitative estimate of drug-likeness (QED) is 0.552. The van der Waals surface area contributed by atoms with Crippen LogP contribution < -0.4 is 5.48 Å². The molecule has 0 unspecified atom stereocenters. The van der Waals surface area contributed by atoms with E-state index in [1.807, 2.05) is 0 Å². The van der Waals surface area contributed by atoms with E-state index in [0.717, 1.165) is 0 Å². The predicted molar refractivity (Wildman–Crippen MR) is 39.1 cm³/mol. The summed E-state index contributed by atoms with van der Waals surface area (Å²) in [5.74, 6) is -0.595. The van der Waals surface area contributed by atoms with Crippen molar-refractivity contribution in [3.63, 3.8) is 0 Å². The molecule has 0 saturated carbocycles. The molecule has 0 saturated heterocycles. The minimum absolute atomic E-state index is 0.208. The number of amides is 1. The molecule has 0 aliphatic rings. The minimum atomic E-state index is -0.595. The van der Waals surface area contributed by atoms with E-state index in [4.69, 9.17) is 5.21 Å². The van der Waals surface area contributed by atoms with Crippen molar-refractivity contribution in [2.45, 2.75) is 0 Å². The van der Waals surface area contributed by atoms with Gasteiger partial charge in [-0.25, -0.2) is 10.5 Å². The second-order valence-corrected chi connectivity index (χ2v) is 3.56. The van der Waals surface area contributed by atoms with Crippen LogP contribution in [0.15, 0.2) is 9.30 Å². The van der Waals surface area contributed by atoms with Crippen molar-refractivity contribution in [3.8, 4) is 0 Å². The van der Waals surface area contributed by atoms with Crippen LogP contribution in [-0.2, 0) is 0 Å². The Morgan fingerprint density at radius 1 is 1.90 bits per heavy atom. The van der Waals surface area contributed by atoms with Gasteiger partial charge in [-0.3, -0.25) is 10.0 Å². The lowest BCUT2D eigenvalue weighted by molar-refractivity contribution is 0.0701. The normalized spacial score (nSPS) is 9.40. The summed E-state index contributed by atoms with van der Waals surface area (Å²) >= 11 is 4.36. The van der Waals surface area contributed by atoms with Crippen LogP contribution in [0.1, 0.15) is 10.5 Å². The summed E-state index contributed by atoms with van der Waals surface area (Å²) in [4.78, 5) is 14.3. The summed E-state index contributed by atoms with van der Waals surface area (Å²) in [6, 6.07) is 0. The second-order valence-electron chi connectivity index (χ2n) is 1.43. The summed E-state index contributed by atoms with van der Waals surface area (Å²) < 4.78 is 0.617. The smallest absolute Gasteiger partial charge is 0.288 e. The molecular formula is C4H3BrN2O2S. The van der Waals surface area contributed by atoms with E-state index in [-0.39, 0.29) is 5.69 Å². The Hall–Kier alpha value is -0.460. The van der Waals surface area contributed by atoms with Crippen LogP contribution >= 0.6 is 27.3 Å². The Bertz CT molecular complexity index is 249. The van der Waals surface area contributed by atoms with E-state index in [0.29, 0.717) is 3.92 Å². The van der Waals surface area contributed by atoms with E-state index in [1.165, 1.54) is 22.2 Å². The van der Waals surface area contributed by atoms with Gasteiger partial charge in [-0.05, 0) is 15.9 Å². The van der Waals surface area contributed by atoms with Crippen molar-refractivity contribution in [1.82, 2.24) is 10.5 Å². The van der Waals surface area contributed by atoms with Crippen LogP contribution in [0.5, 0.6) is 0 Å². The third kappa shape index (κ3) is 1.53. The van der Waals surface area contributed by atoms with E-state index in [1.54, 1.807) is 0 Å². The highest BCUT2D eigenvalue weighted by Gasteiger charge is 2.06. The van der Waals surface area contributed by atoms with Gasteiger partial charge in [-0.1, -0.05) is 0 Å². The van der Waals surface area contributed by atoms with Crippen molar-refractivity contribution in [2.24, 2.45) is 0 Å². The van der Waals surface area contributed by atoms with Gasteiger partial charge < -0.3 is 0 Å². The van der Waals surface area contributed by atoms with Crippen LogP contribution in [0.25, 0.3) is 0 Å². The lowest BCUT2D eigenvalue weighted by Gasteiger charge is -1.88. The van der Waals surface area contributed by atoms with Crippen LogP contribution in [0.3, 0.4) is 0 Å². The molecular weight excluding hydrogens is 220 g/mol. The number of carbonyl (C=O) groups excluding carboxylic acids is 1. The number of nitrogens with one attached hydrogen (secondary N) is 1. The highest BCUT2D eigenvalue weighted by atomic mass is 79.9. The van der Waals surface area contributed by atoms with Crippen LogP contribution in [0.2, 0.25) is 0 Å². The molecule has 0 radical (unpaired) electrons.